The average molecular weight is 256 g/mol. The Morgan fingerprint density at radius 3 is 2.74 bits per heavy atom. The number of rotatable bonds is 2. The monoisotopic (exact) mass is 256 g/mol. The van der Waals surface area contributed by atoms with Crippen LogP contribution in [0.15, 0.2) is 18.2 Å². The van der Waals surface area contributed by atoms with Crippen LogP contribution in [-0.4, -0.2) is 13.1 Å². The van der Waals surface area contributed by atoms with Gasteiger partial charge in [-0.05, 0) is 55.7 Å². The molecule has 1 atom stereocenters. The molecule has 19 heavy (non-hydrogen) atoms. The quantitative estimate of drug-likeness (QED) is 0.795. The van der Waals surface area contributed by atoms with Crippen molar-refractivity contribution in [3.63, 3.8) is 0 Å². The van der Waals surface area contributed by atoms with E-state index in [1.807, 2.05) is 13.0 Å². The first-order chi connectivity index (χ1) is 9.11. The molecule has 2 nitrogen and oxygen atoms in total. The fourth-order valence-corrected chi connectivity index (χ4v) is 3.04. The van der Waals surface area contributed by atoms with Gasteiger partial charge in [0, 0.05) is 13.1 Å². The summed E-state index contributed by atoms with van der Waals surface area (Å²) in [6, 6.07) is 8.57. The Morgan fingerprint density at radius 2 is 2.05 bits per heavy atom. The molecule has 1 aliphatic heterocycles. The molecular formula is C17H24N2. The minimum atomic E-state index is 0.772. The van der Waals surface area contributed by atoms with Crippen molar-refractivity contribution in [2.45, 2.75) is 40.0 Å². The molecule has 0 aliphatic carbocycles. The van der Waals surface area contributed by atoms with Crippen molar-refractivity contribution in [3.05, 3.63) is 29.3 Å². The Kier molecular flexibility index (Phi) is 4.47. The summed E-state index contributed by atoms with van der Waals surface area (Å²) in [6.07, 6.45) is 3.81. The van der Waals surface area contributed by atoms with Crippen LogP contribution in [0.4, 0.5) is 5.69 Å². The van der Waals surface area contributed by atoms with E-state index in [9.17, 15) is 5.26 Å². The zero-order valence-electron chi connectivity index (χ0n) is 12.3. The molecule has 102 valence electrons. The number of benzene rings is 1. The lowest BCUT2D eigenvalue weighted by molar-refractivity contribution is 0.351. The number of nitriles is 1. The molecule has 0 saturated carbocycles. The van der Waals surface area contributed by atoms with Gasteiger partial charge in [-0.1, -0.05) is 19.9 Å². The highest BCUT2D eigenvalue weighted by Crippen LogP contribution is 2.29. The molecule has 0 aromatic heterocycles. The van der Waals surface area contributed by atoms with E-state index in [1.165, 1.54) is 19.3 Å². The molecule has 1 saturated heterocycles. The summed E-state index contributed by atoms with van der Waals surface area (Å²) in [4.78, 5) is 2.40. The average Bonchev–Trinajstić information content (AvgIpc) is 2.64. The maximum atomic E-state index is 9.31. The maximum Gasteiger partial charge on any atom is 0.101 e. The van der Waals surface area contributed by atoms with E-state index in [-0.39, 0.29) is 0 Å². The van der Waals surface area contributed by atoms with Gasteiger partial charge in [0.1, 0.15) is 6.07 Å². The van der Waals surface area contributed by atoms with Crippen LogP contribution in [0.2, 0.25) is 0 Å². The van der Waals surface area contributed by atoms with Crippen LogP contribution < -0.4 is 4.90 Å². The van der Waals surface area contributed by atoms with Gasteiger partial charge in [-0.15, -0.1) is 0 Å². The van der Waals surface area contributed by atoms with E-state index in [1.54, 1.807) is 0 Å². The molecule has 1 aliphatic rings. The molecule has 2 rings (SSSR count). The normalized spacial score (nSPS) is 20.2. The van der Waals surface area contributed by atoms with Gasteiger partial charge >= 0.3 is 0 Å². The number of hydrogen-bond donors (Lipinski definition) is 0. The van der Waals surface area contributed by atoms with Gasteiger partial charge in [0.05, 0.1) is 11.3 Å². The highest BCUT2D eigenvalue weighted by atomic mass is 15.1. The van der Waals surface area contributed by atoms with Gasteiger partial charge in [0.2, 0.25) is 0 Å². The van der Waals surface area contributed by atoms with Crippen molar-refractivity contribution in [2.24, 2.45) is 11.8 Å². The first-order valence-electron chi connectivity index (χ1n) is 7.37. The minimum absolute atomic E-state index is 0.772. The Hall–Kier alpha value is -1.49. The second kappa shape index (κ2) is 6.10. The van der Waals surface area contributed by atoms with Crippen LogP contribution in [0.5, 0.6) is 0 Å². The van der Waals surface area contributed by atoms with Crippen molar-refractivity contribution in [2.75, 3.05) is 18.0 Å². The topological polar surface area (TPSA) is 27.0 Å². The molecule has 0 amide bonds. The third-order valence-electron chi connectivity index (χ3n) is 4.33. The van der Waals surface area contributed by atoms with Crippen LogP contribution in [0.1, 0.15) is 44.2 Å². The van der Waals surface area contributed by atoms with Crippen LogP contribution in [0.25, 0.3) is 0 Å². The fraction of sp³-hybridized carbons (Fsp3) is 0.588. The summed E-state index contributed by atoms with van der Waals surface area (Å²) in [5.41, 5.74) is 3.11. The standard InChI is InChI=1S/C17H24N2/c1-13(2)15-5-4-9-19(10-8-15)17-7-6-14(3)11-16(17)12-18/h6-7,11,13,15H,4-5,8-10H2,1-3H3. The predicted octanol–water partition coefficient (Wildman–Crippen LogP) is 4.13. The van der Waals surface area contributed by atoms with Crippen LogP contribution in [0, 0.1) is 30.1 Å². The number of nitrogens with zero attached hydrogens (tertiary/aromatic N) is 2. The molecule has 1 unspecified atom stereocenters. The SMILES string of the molecule is Cc1ccc(N2CCCC(C(C)C)CC2)c(C#N)c1. The first kappa shape index (κ1) is 13.9. The van der Waals surface area contributed by atoms with Crippen molar-refractivity contribution in [1.82, 2.24) is 0 Å². The molecule has 1 aromatic rings. The summed E-state index contributed by atoms with van der Waals surface area (Å²) in [5, 5.41) is 9.31. The Balaban J connectivity index is 2.17. The van der Waals surface area contributed by atoms with E-state index < -0.39 is 0 Å². The second-order valence-corrected chi connectivity index (χ2v) is 6.05. The van der Waals surface area contributed by atoms with Crippen molar-refractivity contribution >= 4 is 5.69 Å². The van der Waals surface area contributed by atoms with E-state index in [4.69, 9.17) is 0 Å². The largest absolute Gasteiger partial charge is 0.370 e. The molecule has 0 N–H and O–H groups in total. The van der Waals surface area contributed by atoms with E-state index in [0.29, 0.717) is 0 Å². The molecule has 1 heterocycles. The van der Waals surface area contributed by atoms with Gasteiger partial charge in [0.15, 0.2) is 0 Å². The third-order valence-corrected chi connectivity index (χ3v) is 4.33. The molecule has 0 spiro atoms. The summed E-state index contributed by atoms with van der Waals surface area (Å²) in [5.74, 6) is 1.61. The van der Waals surface area contributed by atoms with Gasteiger partial charge in [-0.2, -0.15) is 5.26 Å². The summed E-state index contributed by atoms with van der Waals surface area (Å²) >= 11 is 0. The zero-order chi connectivity index (χ0) is 13.8. The Morgan fingerprint density at radius 1 is 1.26 bits per heavy atom. The second-order valence-electron chi connectivity index (χ2n) is 6.05. The highest BCUT2D eigenvalue weighted by molar-refractivity contribution is 5.60. The molecule has 1 aromatic carbocycles. The molecule has 0 bridgehead atoms. The van der Waals surface area contributed by atoms with Gasteiger partial charge in [-0.25, -0.2) is 0 Å². The van der Waals surface area contributed by atoms with Crippen molar-refractivity contribution in [1.29, 1.82) is 5.26 Å². The van der Waals surface area contributed by atoms with Crippen LogP contribution in [0.3, 0.4) is 0 Å². The zero-order valence-corrected chi connectivity index (χ0v) is 12.3. The van der Waals surface area contributed by atoms with E-state index >= 15 is 0 Å². The highest BCUT2D eigenvalue weighted by Gasteiger charge is 2.20. The number of aryl methyl sites for hydroxylation is 1. The fourth-order valence-electron chi connectivity index (χ4n) is 3.04. The maximum absolute atomic E-state index is 9.31. The van der Waals surface area contributed by atoms with Crippen LogP contribution in [-0.2, 0) is 0 Å². The molecule has 1 fully saturated rings. The molecule has 0 radical (unpaired) electrons. The van der Waals surface area contributed by atoms with Gasteiger partial charge in [-0.3, -0.25) is 0 Å². The van der Waals surface area contributed by atoms with Crippen molar-refractivity contribution < 1.29 is 0 Å². The lowest BCUT2D eigenvalue weighted by Crippen LogP contribution is -2.25. The summed E-state index contributed by atoms with van der Waals surface area (Å²) in [7, 11) is 0. The molecular weight excluding hydrogens is 232 g/mol. The summed E-state index contributed by atoms with van der Waals surface area (Å²) in [6.45, 7) is 8.86. The minimum Gasteiger partial charge on any atom is -0.370 e. The van der Waals surface area contributed by atoms with Crippen LogP contribution >= 0.6 is 0 Å². The number of anilines is 1. The smallest absolute Gasteiger partial charge is 0.101 e. The lowest BCUT2D eigenvalue weighted by Gasteiger charge is -2.24. The number of hydrogen-bond acceptors (Lipinski definition) is 2. The Labute approximate surface area is 117 Å². The lowest BCUT2D eigenvalue weighted by atomic mass is 9.89. The third kappa shape index (κ3) is 3.29. The van der Waals surface area contributed by atoms with Gasteiger partial charge < -0.3 is 4.90 Å². The molecule has 2 heteroatoms. The van der Waals surface area contributed by atoms with E-state index in [2.05, 4.69) is 36.9 Å². The Bertz CT molecular complexity index is 471. The first-order valence-corrected chi connectivity index (χ1v) is 7.37. The van der Waals surface area contributed by atoms with Crippen molar-refractivity contribution in [3.8, 4) is 6.07 Å². The summed E-state index contributed by atoms with van der Waals surface area (Å²) < 4.78 is 0. The van der Waals surface area contributed by atoms with E-state index in [0.717, 1.165) is 41.7 Å². The van der Waals surface area contributed by atoms with Gasteiger partial charge in [0.25, 0.3) is 0 Å². The predicted molar refractivity (Wildman–Crippen MR) is 80.3 cm³/mol.